The maximum absolute atomic E-state index is 5.73. The second-order valence-electron chi connectivity index (χ2n) is 6.80. The summed E-state index contributed by atoms with van der Waals surface area (Å²) in [5, 5.41) is 0.214. The number of hydrogen-bond donors (Lipinski definition) is 0. The van der Waals surface area contributed by atoms with Crippen molar-refractivity contribution in [3.05, 3.63) is 109 Å². The predicted octanol–water partition coefficient (Wildman–Crippen LogP) is 7.30. The molecular weight excluding hydrogens is 362 g/mol. The molecule has 0 aliphatic carbocycles. The summed E-state index contributed by atoms with van der Waals surface area (Å²) in [6.45, 7) is 0. The molecule has 3 heteroatoms. The summed E-state index contributed by atoms with van der Waals surface area (Å²) in [6, 6.07) is 31.5. The molecule has 0 saturated carbocycles. The zero-order valence-corrected chi connectivity index (χ0v) is 16.1. The van der Waals surface area contributed by atoms with Crippen LogP contribution in [0.1, 0.15) is 23.0 Å². The van der Waals surface area contributed by atoms with Crippen molar-refractivity contribution in [2.24, 2.45) is 4.99 Å². The van der Waals surface area contributed by atoms with Crippen LogP contribution in [0.5, 0.6) is 0 Å². The third-order valence-electron chi connectivity index (χ3n) is 4.95. The van der Waals surface area contributed by atoms with Crippen LogP contribution >= 0.6 is 11.8 Å². The Bertz CT molecular complexity index is 1100. The third-order valence-corrected chi connectivity index (χ3v) is 6.24. The molecule has 0 bridgehead atoms. The van der Waals surface area contributed by atoms with E-state index in [9.17, 15) is 0 Å². The Kier molecular flexibility index (Phi) is 4.59. The van der Waals surface area contributed by atoms with Gasteiger partial charge >= 0.3 is 0 Å². The molecule has 0 spiro atoms. The van der Waals surface area contributed by atoms with E-state index in [1.54, 1.807) is 6.26 Å². The Morgan fingerprint density at radius 1 is 0.714 bits per heavy atom. The highest BCUT2D eigenvalue weighted by atomic mass is 32.2. The molecule has 1 aliphatic rings. The van der Waals surface area contributed by atoms with Gasteiger partial charge in [0.1, 0.15) is 5.76 Å². The molecule has 0 radical (unpaired) electrons. The highest BCUT2D eigenvalue weighted by Gasteiger charge is 2.24. The number of aliphatic imine (C=N–C) groups is 1. The van der Waals surface area contributed by atoms with Gasteiger partial charge in [-0.3, -0.25) is 4.99 Å². The highest BCUT2D eigenvalue weighted by molar-refractivity contribution is 7.99. The Hall–Kier alpha value is -3.04. The molecule has 1 unspecified atom stereocenters. The number of thioether (sulfide) groups is 1. The van der Waals surface area contributed by atoms with Gasteiger partial charge in [0.05, 0.1) is 17.2 Å². The molecule has 0 N–H and O–H groups in total. The number of rotatable bonds is 3. The number of fused-ring (bicyclic) bond motifs is 1. The van der Waals surface area contributed by atoms with Crippen LogP contribution in [-0.2, 0) is 0 Å². The lowest BCUT2D eigenvalue weighted by molar-refractivity contribution is 0.508. The van der Waals surface area contributed by atoms with Gasteiger partial charge in [-0.1, -0.05) is 66.7 Å². The van der Waals surface area contributed by atoms with E-state index in [0.29, 0.717) is 0 Å². The standard InChI is InChI=1S/C25H19NOS/c1-2-7-18(8-3-1)19-12-14-20(15-13-19)22-17-25(23-10-6-16-27-23)28-24-11-5-4-9-21(24)26-22/h1-16,25H,17H2. The van der Waals surface area contributed by atoms with Crippen molar-refractivity contribution < 1.29 is 4.42 Å². The fourth-order valence-electron chi connectivity index (χ4n) is 3.51. The molecule has 28 heavy (non-hydrogen) atoms. The maximum atomic E-state index is 5.73. The first-order valence-electron chi connectivity index (χ1n) is 9.39. The van der Waals surface area contributed by atoms with Crippen LogP contribution in [0.2, 0.25) is 0 Å². The lowest BCUT2D eigenvalue weighted by atomic mass is 9.99. The molecule has 1 aromatic heterocycles. The van der Waals surface area contributed by atoms with E-state index < -0.39 is 0 Å². The summed E-state index contributed by atoms with van der Waals surface area (Å²) >= 11 is 1.83. The van der Waals surface area contributed by atoms with E-state index >= 15 is 0 Å². The molecular formula is C25H19NOS. The normalized spacial score (nSPS) is 16.1. The lowest BCUT2D eigenvalue weighted by Gasteiger charge is -2.13. The average molecular weight is 382 g/mol. The molecule has 0 saturated heterocycles. The summed E-state index contributed by atoms with van der Waals surface area (Å²) in [6.07, 6.45) is 2.58. The van der Waals surface area contributed by atoms with E-state index in [1.165, 1.54) is 16.0 Å². The molecule has 2 nitrogen and oxygen atoms in total. The minimum atomic E-state index is 0.214. The van der Waals surface area contributed by atoms with Gasteiger partial charge in [-0.2, -0.15) is 0 Å². The second kappa shape index (κ2) is 7.53. The van der Waals surface area contributed by atoms with Crippen molar-refractivity contribution in [1.29, 1.82) is 0 Å². The van der Waals surface area contributed by atoms with Crippen LogP contribution in [0, 0.1) is 0 Å². The Balaban J connectivity index is 1.53. The molecule has 0 fully saturated rings. The Labute approximate surface area is 169 Å². The number of benzene rings is 3. The number of nitrogens with zero attached hydrogens (tertiary/aromatic N) is 1. The minimum Gasteiger partial charge on any atom is -0.468 e. The van der Waals surface area contributed by atoms with E-state index in [2.05, 4.69) is 72.8 Å². The topological polar surface area (TPSA) is 25.5 Å². The van der Waals surface area contributed by atoms with Gasteiger partial charge < -0.3 is 4.42 Å². The highest BCUT2D eigenvalue weighted by Crippen LogP contribution is 2.45. The molecule has 1 atom stereocenters. The summed E-state index contributed by atoms with van der Waals surface area (Å²) in [4.78, 5) is 6.22. The van der Waals surface area contributed by atoms with Crippen LogP contribution < -0.4 is 0 Å². The number of para-hydroxylation sites is 1. The zero-order valence-electron chi connectivity index (χ0n) is 15.3. The summed E-state index contributed by atoms with van der Waals surface area (Å²) in [5.41, 5.74) is 5.73. The van der Waals surface area contributed by atoms with Gasteiger partial charge in [0.25, 0.3) is 0 Å². The molecule has 2 heterocycles. The lowest BCUT2D eigenvalue weighted by Crippen LogP contribution is -2.04. The monoisotopic (exact) mass is 381 g/mol. The van der Waals surface area contributed by atoms with Crippen LogP contribution in [-0.4, -0.2) is 5.71 Å². The van der Waals surface area contributed by atoms with Gasteiger partial charge in [-0.25, -0.2) is 0 Å². The van der Waals surface area contributed by atoms with Crippen molar-refractivity contribution >= 4 is 23.2 Å². The fourth-order valence-corrected chi connectivity index (χ4v) is 4.70. The molecule has 5 rings (SSSR count). The maximum Gasteiger partial charge on any atom is 0.117 e. The van der Waals surface area contributed by atoms with Crippen molar-refractivity contribution in [1.82, 2.24) is 0 Å². The van der Waals surface area contributed by atoms with Gasteiger partial charge in [0.15, 0.2) is 0 Å². The SMILES string of the molecule is c1ccc(-c2ccc(C3=Nc4ccccc4SC(c4ccco4)C3)cc2)cc1. The van der Waals surface area contributed by atoms with E-state index in [1.807, 2.05) is 30.0 Å². The van der Waals surface area contributed by atoms with E-state index in [-0.39, 0.29) is 5.25 Å². The Morgan fingerprint density at radius 3 is 2.21 bits per heavy atom. The average Bonchev–Trinajstić information content (AvgIpc) is 3.22. The Morgan fingerprint density at radius 2 is 1.43 bits per heavy atom. The second-order valence-corrected chi connectivity index (χ2v) is 8.04. The molecule has 0 amide bonds. The van der Waals surface area contributed by atoms with Crippen LogP contribution in [0.4, 0.5) is 5.69 Å². The molecule has 4 aromatic rings. The van der Waals surface area contributed by atoms with E-state index in [4.69, 9.17) is 9.41 Å². The van der Waals surface area contributed by atoms with Crippen molar-refractivity contribution in [2.75, 3.05) is 0 Å². The van der Waals surface area contributed by atoms with Gasteiger partial charge in [-0.15, -0.1) is 11.8 Å². The van der Waals surface area contributed by atoms with E-state index in [0.717, 1.165) is 29.1 Å². The van der Waals surface area contributed by atoms with Crippen LogP contribution in [0.25, 0.3) is 11.1 Å². The summed E-state index contributed by atoms with van der Waals surface area (Å²) in [7, 11) is 0. The van der Waals surface area contributed by atoms with Gasteiger partial charge in [-0.05, 0) is 41.0 Å². The van der Waals surface area contributed by atoms with Crippen LogP contribution in [0.15, 0.2) is 112 Å². The van der Waals surface area contributed by atoms with Gasteiger partial charge in [0.2, 0.25) is 0 Å². The van der Waals surface area contributed by atoms with Gasteiger partial charge in [0, 0.05) is 17.0 Å². The zero-order chi connectivity index (χ0) is 18.8. The molecule has 136 valence electrons. The van der Waals surface area contributed by atoms with Crippen molar-refractivity contribution in [2.45, 2.75) is 16.6 Å². The quantitative estimate of drug-likeness (QED) is 0.372. The molecule has 3 aromatic carbocycles. The summed E-state index contributed by atoms with van der Waals surface area (Å²) in [5.74, 6) is 0.996. The smallest absolute Gasteiger partial charge is 0.117 e. The fraction of sp³-hybridized carbons (Fsp3) is 0.0800. The first-order valence-corrected chi connectivity index (χ1v) is 10.3. The molecule has 1 aliphatic heterocycles. The predicted molar refractivity (Wildman–Crippen MR) is 116 cm³/mol. The number of hydrogen-bond acceptors (Lipinski definition) is 3. The first kappa shape index (κ1) is 17.1. The minimum absolute atomic E-state index is 0.214. The number of furan rings is 1. The first-order chi connectivity index (χ1) is 13.9. The third kappa shape index (κ3) is 3.41. The van der Waals surface area contributed by atoms with Crippen molar-refractivity contribution in [3.8, 4) is 11.1 Å². The van der Waals surface area contributed by atoms with Crippen molar-refractivity contribution in [3.63, 3.8) is 0 Å². The summed E-state index contributed by atoms with van der Waals surface area (Å²) < 4.78 is 5.73. The largest absolute Gasteiger partial charge is 0.468 e. The van der Waals surface area contributed by atoms with Crippen LogP contribution in [0.3, 0.4) is 0 Å².